The van der Waals surface area contributed by atoms with Crippen LogP contribution in [0.2, 0.25) is 0 Å². The minimum Gasteiger partial charge on any atom is -0.362 e. The summed E-state index contributed by atoms with van der Waals surface area (Å²) in [5, 5.41) is 6.49. The van der Waals surface area contributed by atoms with Gasteiger partial charge in [-0.05, 0) is 36.3 Å². The molecule has 1 rings (SSSR count). The normalized spacial score (nSPS) is 10.1. The quantitative estimate of drug-likeness (QED) is 0.775. The molecule has 0 bridgehead atoms. The second-order valence-corrected chi connectivity index (χ2v) is 4.15. The molecule has 0 saturated heterocycles. The van der Waals surface area contributed by atoms with Gasteiger partial charge in [-0.1, -0.05) is 19.9 Å². The highest BCUT2D eigenvalue weighted by Crippen LogP contribution is 2.08. The van der Waals surface area contributed by atoms with Gasteiger partial charge >= 0.3 is 0 Å². The third-order valence-corrected chi connectivity index (χ3v) is 2.00. The molecule has 2 N–H and O–H groups in total. The van der Waals surface area contributed by atoms with Crippen LogP contribution in [0, 0.1) is 11.7 Å². The average molecular weight is 226 g/mol. The molecule has 1 aromatic carbocycles. The van der Waals surface area contributed by atoms with Gasteiger partial charge in [0.1, 0.15) is 5.82 Å². The second-order valence-electron chi connectivity index (χ2n) is 3.74. The molecule has 0 amide bonds. The number of thiocarbonyl (C=S) groups is 1. The lowest BCUT2D eigenvalue weighted by Crippen LogP contribution is -2.31. The van der Waals surface area contributed by atoms with Gasteiger partial charge in [0.2, 0.25) is 0 Å². The van der Waals surface area contributed by atoms with E-state index in [1.165, 1.54) is 12.1 Å². The van der Waals surface area contributed by atoms with E-state index in [-0.39, 0.29) is 5.82 Å². The Morgan fingerprint density at radius 1 is 1.47 bits per heavy atom. The standard InChI is InChI=1S/C11H15FN2S/c1-8(2)7-13-11(15)14-10-5-3-4-9(12)6-10/h3-6,8H,7H2,1-2H3,(H2,13,14,15). The first kappa shape index (κ1) is 11.9. The van der Waals surface area contributed by atoms with Crippen molar-refractivity contribution in [1.82, 2.24) is 5.32 Å². The van der Waals surface area contributed by atoms with Crippen molar-refractivity contribution in [1.29, 1.82) is 0 Å². The van der Waals surface area contributed by atoms with Gasteiger partial charge in [-0.15, -0.1) is 0 Å². The largest absolute Gasteiger partial charge is 0.362 e. The predicted octanol–water partition coefficient (Wildman–Crippen LogP) is 2.77. The molecule has 4 heteroatoms. The lowest BCUT2D eigenvalue weighted by Gasteiger charge is -2.11. The SMILES string of the molecule is CC(C)CNC(=S)Nc1cccc(F)c1. The average Bonchev–Trinajstić information content (AvgIpc) is 2.15. The van der Waals surface area contributed by atoms with Gasteiger partial charge in [0.15, 0.2) is 5.11 Å². The van der Waals surface area contributed by atoms with Crippen molar-refractivity contribution in [2.75, 3.05) is 11.9 Å². The third-order valence-electron chi connectivity index (χ3n) is 1.75. The Morgan fingerprint density at radius 3 is 2.80 bits per heavy atom. The molecule has 0 saturated carbocycles. The van der Waals surface area contributed by atoms with Crippen molar-refractivity contribution in [3.63, 3.8) is 0 Å². The van der Waals surface area contributed by atoms with E-state index in [0.717, 1.165) is 6.54 Å². The Hall–Kier alpha value is -1.16. The molecule has 0 radical (unpaired) electrons. The van der Waals surface area contributed by atoms with Crippen LogP contribution in [0.4, 0.5) is 10.1 Å². The fraction of sp³-hybridized carbons (Fsp3) is 0.364. The molecule has 1 aromatic rings. The minimum absolute atomic E-state index is 0.272. The first-order chi connectivity index (χ1) is 7.08. The van der Waals surface area contributed by atoms with Gasteiger partial charge in [-0.3, -0.25) is 0 Å². The van der Waals surface area contributed by atoms with Crippen molar-refractivity contribution in [3.05, 3.63) is 30.1 Å². The van der Waals surface area contributed by atoms with Gasteiger partial charge in [0, 0.05) is 12.2 Å². The summed E-state index contributed by atoms with van der Waals surface area (Å²) < 4.78 is 12.8. The summed E-state index contributed by atoms with van der Waals surface area (Å²) in [5.41, 5.74) is 0.663. The van der Waals surface area contributed by atoms with E-state index >= 15 is 0 Å². The van der Waals surface area contributed by atoms with Gasteiger partial charge in [0.05, 0.1) is 0 Å². The predicted molar refractivity (Wildman–Crippen MR) is 65.5 cm³/mol. The highest BCUT2D eigenvalue weighted by atomic mass is 32.1. The Kier molecular flexibility index (Phi) is 4.49. The Balaban J connectivity index is 2.44. The number of hydrogen-bond donors (Lipinski definition) is 2. The summed E-state index contributed by atoms with van der Waals surface area (Å²) in [4.78, 5) is 0. The van der Waals surface area contributed by atoms with Crippen LogP contribution in [0.25, 0.3) is 0 Å². The first-order valence-electron chi connectivity index (χ1n) is 4.88. The summed E-state index contributed by atoms with van der Waals surface area (Å²) in [7, 11) is 0. The van der Waals surface area contributed by atoms with Gasteiger partial charge in [-0.25, -0.2) is 4.39 Å². The van der Waals surface area contributed by atoms with Crippen LogP contribution in [-0.4, -0.2) is 11.7 Å². The van der Waals surface area contributed by atoms with E-state index in [2.05, 4.69) is 24.5 Å². The molecule has 0 atom stereocenters. The Labute approximate surface area is 94.9 Å². The number of halogens is 1. The Bertz CT molecular complexity index is 339. The maximum absolute atomic E-state index is 12.8. The fourth-order valence-corrected chi connectivity index (χ4v) is 1.24. The van der Waals surface area contributed by atoms with E-state index in [4.69, 9.17) is 12.2 Å². The van der Waals surface area contributed by atoms with Crippen molar-refractivity contribution in [2.45, 2.75) is 13.8 Å². The van der Waals surface area contributed by atoms with Crippen LogP contribution in [-0.2, 0) is 0 Å². The van der Waals surface area contributed by atoms with E-state index in [0.29, 0.717) is 16.7 Å². The molecule has 0 fully saturated rings. The van der Waals surface area contributed by atoms with Gasteiger partial charge in [-0.2, -0.15) is 0 Å². The number of rotatable bonds is 3. The molecule has 0 aliphatic carbocycles. The monoisotopic (exact) mass is 226 g/mol. The van der Waals surface area contributed by atoms with E-state index in [9.17, 15) is 4.39 Å². The first-order valence-corrected chi connectivity index (χ1v) is 5.29. The number of anilines is 1. The highest BCUT2D eigenvalue weighted by molar-refractivity contribution is 7.80. The molecule has 15 heavy (non-hydrogen) atoms. The summed E-state index contributed by atoms with van der Waals surface area (Å²) in [5.74, 6) is 0.254. The molecule has 0 aliphatic rings. The third kappa shape index (κ3) is 4.74. The smallest absolute Gasteiger partial charge is 0.170 e. The molecule has 0 unspecified atom stereocenters. The van der Waals surface area contributed by atoms with E-state index in [1.54, 1.807) is 12.1 Å². The maximum atomic E-state index is 12.8. The van der Waals surface area contributed by atoms with Crippen LogP contribution >= 0.6 is 12.2 Å². The van der Waals surface area contributed by atoms with E-state index in [1.807, 2.05) is 0 Å². The minimum atomic E-state index is -0.272. The number of hydrogen-bond acceptors (Lipinski definition) is 1. The van der Waals surface area contributed by atoms with Gasteiger partial charge < -0.3 is 10.6 Å². The fourth-order valence-electron chi connectivity index (χ4n) is 1.04. The molecule has 82 valence electrons. The highest BCUT2D eigenvalue weighted by Gasteiger charge is 1.99. The molecule has 0 aromatic heterocycles. The lowest BCUT2D eigenvalue weighted by molar-refractivity contribution is 0.626. The maximum Gasteiger partial charge on any atom is 0.170 e. The number of nitrogens with one attached hydrogen (secondary N) is 2. The number of benzene rings is 1. The molecule has 2 nitrogen and oxygen atoms in total. The molecular weight excluding hydrogens is 211 g/mol. The zero-order valence-corrected chi connectivity index (χ0v) is 9.70. The zero-order chi connectivity index (χ0) is 11.3. The summed E-state index contributed by atoms with van der Waals surface area (Å²) >= 11 is 5.05. The van der Waals surface area contributed by atoms with Crippen molar-refractivity contribution >= 4 is 23.0 Å². The zero-order valence-electron chi connectivity index (χ0n) is 8.88. The lowest BCUT2D eigenvalue weighted by atomic mass is 10.2. The summed E-state index contributed by atoms with van der Waals surface area (Å²) in [6, 6.07) is 6.22. The van der Waals surface area contributed by atoms with Crippen molar-refractivity contribution in [3.8, 4) is 0 Å². The van der Waals surface area contributed by atoms with Crippen LogP contribution in [0.3, 0.4) is 0 Å². The van der Waals surface area contributed by atoms with Crippen LogP contribution in [0.5, 0.6) is 0 Å². The Morgan fingerprint density at radius 2 is 2.20 bits per heavy atom. The van der Waals surface area contributed by atoms with E-state index < -0.39 is 0 Å². The topological polar surface area (TPSA) is 24.1 Å². The molecule has 0 spiro atoms. The van der Waals surface area contributed by atoms with Crippen molar-refractivity contribution in [2.24, 2.45) is 5.92 Å². The summed E-state index contributed by atoms with van der Waals surface area (Å²) in [6.45, 7) is 5.00. The van der Waals surface area contributed by atoms with Crippen molar-refractivity contribution < 1.29 is 4.39 Å². The van der Waals surface area contributed by atoms with Crippen LogP contribution < -0.4 is 10.6 Å². The summed E-state index contributed by atoms with van der Waals surface area (Å²) in [6.07, 6.45) is 0. The second kappa shape index (κ2) is 5.66. The molecular formula is C11H15FN2S. The molecule has 0 heterocycles. The van der Waals surface area contributed by atoms with Gasteiger partial charge in [0.25, 0.3) is 0 Å². The molecule has 0 aliphatic heterocycles. The van der Waals surface area contributed by atoms with Crippen LogP contribution in [0.1, 0.15) is 13.8 Å². The van der Waals surface area contributed by atoms with Crippen LogP contribution in [0.15, 0.2) is 24.3 Å².